The number of hydrogen-bond donors (Lipinski definition) is 2. The molecule has 122 valence electrons. The molecular weight excluding hydrogens is 312 g/mol. The minimum atomic E-state index is -0.189. The predicted molar refractivity (Wildman–Crippen MR) is 93.9 cm³/mol. The highest BCUT2D eigenvalue weighted by molar-refractivity contribution is 7.80. The third-order valence-corrected chi connectivity index (χ3v) is 3.73. The molecule has 6 heteroatoms. The van der Waals surface area contributed by atoms with Gasteiger partial charge in [-0.2, -0.15) is 12.6 Å². The third-order valence-electron chi connectivity index (χ3n) is 3.42. The first kappa shape index (κ1) is 17.1. The van der Waals surface area contributed by atoms with Gasteiger partial charge in [0.2, 0.25) is 0 Å². The second kappa shape index (κ2) is 8.43. The van der Waals surface area contributed by atoms with E-state index >= 15 is 0 Å². The van der Waals surface area contributed by atoms with Gasteiger partial charge in [-0.1, -0.05) is 0 Å². The molecule has 23 heavy (non-hydrogen) atoms. The minimum Gasteiger partial charge on any atom is -0.493 e. The van der Waals surface area contributed by atoms with Gasteiger partial charge in [0.1, 0.15) is 0 Å². The van der Waals surface area contributed by atoms with E-state index in [4.69, 9.17) is 9.47 Å². The summed E-state index contributed by atoms with van der Waals surface area (Å²) in [6.07, 6.45) is 4.78. The van der Waals surface area contributed by atoms with Crippen molar-refractivity contribution in [3.8, 4) is 11.5 Å². The summed E-state index contributed by atoms with van der Waals surface area (Å²) in [5, 5.41) is 2.87. The van der Waals surface area contributed by atoms with Crippen LogP contribution in [0.15, 0.2) is 36.7 Å². The molecule has 0 radical (unpaired) electrons. The van der Waals surface area contributed by atoms with Crippen molar-refractivity contribution in [3.63, 3.8) is 0 Å². The fourth-order valence-electron chi connectivity index (χ4n) is 2.34. The number of carbonyl (C=O) groups is 1. The number of amides is 1. The third kappa shape index (κ3) is 4.16. The number of aromatic nitrogens is 1. The Labute approximate surface area is 141 Å². The maximum absolute atomic E-state index is 12.6. The quantitative estimate of drug-likeness (QED) is 0.764. The Bertz CT molecular complexity index is 662. The van der Waals surface area contributed by atoms with Gasteiger partial charge >= 0.3 is 0 Å². The second-order valence-corrected chi connectivity index (χ2v) is 5.29. The number of hydrogen-bond acceptors (Lipinski definition) is 5. The summed E-state index contributed by atoms with van der Waals surface area (Å²) in [7, 11) is 3.16. The number of nitrogens with one attached hydrogen (secondary N) is 1. The molecule has 1 amide bonds. The van der Waals surface area contributed by atoms with Crippen LogP contribution in [0, 0.1) is 0 Å². The van der Waals surface area contributed by atoms with Crippen LogP contribution in [0.25, 0.3) is 0 Å². The summed E-state index contributed by atoms with van der Waals surface area (Å²) < 4.78 is 10.8. The number of methoxy groups -OCH3 is 2. The molecule has 1 heterocycles. The Hall–Kier alpha value is -2.21. The molecule has 0 aliphatic rings. The second-order valence-electron chi connectivity index (χ2n) is 4.84. The minimum absolute atomic E-state index is 0.189. The summed E-state index contributed by atoms with van der Waals surface area (Å²) in [6.45, 7) is 0. The average molecular weight is 332 g/mol. The lowest BCUT2D eigenvalue weighted by molar-refractivity contribution is 0.102. The van der Waals surface area contributed by atoms with Gasteiger partial charge < -0.3 is 14.8 Å². The van der Waals surface area contributed by atoms with Crippen LogP contribution in [0.5, 0.6) is 11.5 Å². The molecule has 1 N–H and O–H groups in total. The van der Waals surface area contributed by atoms with Crippen molar-refractivity contribution in [3.05, 3.63) is 47.8 Å². The van der Waals surface area contributed by atoms with Crippen LogP contribution in [-0.4, -0.2) is 30.9 Å². The van der Waals surface area contributed by atoms with Gasteiger partial charge in [0.05, 0.1) is 14.2 Å². The van der Waals surface area contributed by atoms with E-state index < -0.39 is 0 Å². The predicted octanol–water partition coefficient (Wildman–Crippen LogP) is 3.21. The highest BCUT2D eigenvalue weighted by atomic mass is 32.1. The highest BCUT2D eigenvalue weighted by Gasteiger charge is 2.19. The van der Waals surface area contributed by atoms with Gasteiger partial charge in [-0.3, -0.25) is 9.78 Å². The maximum Gasteiger partial charge on any atom is 0.256 e. The number of thiol groups is 1. The van der Waals surface area contributed by atoms with E-state index in [-0.39, 0.29) is 5.91 Å². The number of ether oxygens (including phenoxy) is 2. The van der Waals surface area contributed by atoms with Crippen LogP contribution in [0.4, 0.5) is 5.69 Å². The van der Waals surface area contributed by atoms with E-state index in [2.05, 4.69) is 22.9 Å². The summed E-state index contributed by atoms with van der Waals surface area (Å²) in [5.74, 6) is 1.75. The molecule has 0 saturated heterocycles. The fraction of sp³-hybridized carbons (Fsp3) is 0.294. The van der Waals surface area contributed by atoms with Gasteiger partial charge in [-0.15, -0.1) is 0 Å². The van der Waals surface area contributed by atoms with Crippen LogP contribution >= 0.6 is 12.6 Å². The largest absolute Gasteiger partial charge is 0.493 e. The van der Waals surface area contributed by atoms with Gasteiger partial charge in [0.25, 0.3) is 5.91 Å². The Morgan fingerprint density at radius 2 is 1.91 bits per heavy atom. The Morgan fingerprint density at radius 3 is 2.52 bits per heavy atom. The zero-order valence-electron chi connectivity index (χ0n) is 13.2. The average Bonchev–Trinajstić information content (AvgIpc) is 2.59. The molecular formula is C17H20N2O3S. The van der Waals surface area contributed by atoms with E-state index in [0.717, 1.165) is 17.7 Å². The van der Waals surface area contributed by atoms with E-state index in [9.17, 15) is 4.79 Å². The van der Waals surface area contributed by atoms with Crippen LogP contribution in [0.2, 0.25) is 0 Å². The first-order valence-corrected chi connectivity index (χ1v) is 7.90. The van der Waals surface area contributed by atoms with Gasteiger partial charge in [0, 0.05) is 29.2 Å². The van der Waals surface area contributed by atoms with Crippen molar-refractivity contribution in [1.29, 1.82) is 0 Å². The van der Waals surface area contributed by atoms with Crippen LogP contribution < -0.4 is 14.8 Å². The standard InChI is InChI=1S/C17H20N2O3S/c1-21-15-6-5-14(13(4-3-11-23)16(15)22-2)17(20)19-12-7-9-18-10-8-12/h5-10,23H,3-4,11H2,1-2H3,(H,18,19,20). The Balaban J connectivity index is 2.37. The van der Waals surface area contributed by atoms with Crippen molar-refractivity contribution >= 4 is 24.2 Å². The lowest BCUT2D eigenvalue weighted by atomic mass is 10.0. The molecule has 0 unspecified atom stereocenters. The topological polar surface area (TPSA) is 60.5 Å². The number of pyridine rings is 1. The molecule has 1 aromatic carbocycles. The monoisotopic (exact) mass is 332 g/mol. The summed E-state index contributed by atoms with van der Waals surface area (Å²) in [6, 6.07) is 6.98. The number of carbonyl (C=O) groups excluding carboxylic acids is 1. The molecule has 0 aliphatic carbocycles. The number of nitrogens with zero attached hydrogens (tertiary/aromatic N) is 1. The molecule has 0 aliphatic heterocycles. The first-order valence-electron chi connectivity index (χ1n) is 7.27. The maximum atomic E-state index is 12.6. The SMILES string of the molecule is COc1ccc(C(=O)Nc2ccncc2)c(CCCS)c1OC. The lowest BCUT2D eigenvalue weighted by Crippen LogP contribution is -2.15. The van der Waals surface area contributed by atoms with E-state index in [0.29, 0.717) is 29.2 Å². The van der Waals surface area contributed by atoms with Crippen molar-refractivity contribution in [2.45, 2.75) is 12.8 Å². The lowest BCUT2D eigenvalue weighted by Gasteiger charge is -2.16. The Kier molecular flexibility index (Phi) is 6.29. The van der Waals surface area contributed by atoms with Crippen molar-refractivity contribution in [2.75, 3.05) is 25.3 Å². The first-order chi connectivity index (χ1) is 11.2. The Morgan fingerprint density at radius 1 is 1.17 bits per heavy atom. The summed E-state index contributed by atoms with van der Waals surface area (Å²) in [5.41, 5.74) is 2.09. The highest BCUT2D eigenvalue weighted by Crippen LogP contribution is 2.34. The molecule has 5 nitrogen and oxygen atoms in total. The normalized spacial score (nSPS) is 10.2. The fourth-order valence-corrected chi connectivity index (χ4v) is 2.50. The molecule has 0 spiro atoms. The van der Waals surface area contributed by atoms with Crippen LogP contribution in [0.3, 0.4) is 0 Å². The number of benzene rings is 1. The van der Waals surface area contributed by atoms with E-state index in [1.54, 1.807) is 50.9 Å². The van der Waals surface area contributed by atoms with E-state index in [1.807, 2.05) is 0 Å². The molecule has 1 aromatic heterocycles. The smallest absolute Gasteiger partial charge is 0.256 e. The molecule has 0 saturated carbocycles. The zero-order valence-corrected chi connectivity index (χ0v) is 14.1. The molecule has 0 atom stereocenters. The molecule has 2 rings (SSSR count). The molecule has 2 aromatic rings. The van der Waals surface area contributed by atoms with Crippen LogP contribution in [0.1, 0.15) is 22.3 Å². The van der Waals surface area contributed by atoms with Crippen molar-refractivity contribution in [1.82, 2.24) is 4.98 Å². The van der Waals surface area contributed by atoms with Gasteiger partial charge in [-0.05, 0) is 42.9 Å². The van der Waals surface area contributed by atoms with Crippen LogP contribution in [-0.2, 0) is 6.42 Å². The number of rotatable bonds is 7. The zero-order chi connectivity index (χ0) is 16.7. The summed E-state index contributed by atoms with van der Waals surface area (Å²) >= 11 is 4.25. The molecule has 0 fully saturated rings. The molecule has 0 bridgehead atoms. The van der Waals surface area contributed by atoms with Crippen molar-refractivity contribution in [2.24, 2.45) is 0 Å². The summed E-state index contributed by atoms with van der Waals surface area (Å²) in [4.78, 5) is 16.6. The van der Waals surface area contributed by atoms with Gasteiger partial charge in [0.15, 0.2) is 11.5 Å². The number of anilines is 1. The van der Waals surface area contributed by atoms with E-state index in [1.165, 1.54) is 0 Å². The van der Waals surface area contributed by atoms with Crippen molar-refractivity contribution < 1.29 is 14.3 Å². The van der Waals surface area contributed by atoms with Gasteiger partial charge in [-0.25, -0.2) is 0 Å².